The lowest BCUT2D eigenvalue weighted by atomic mass is 10.4. The molecular weight excluding hydrogens is 364 g/mol. The van der Waals surface area contributed by atoms with E-state index in [0.717, 1.165) is 6.20 Å². The molecule has 0 amide bonds. The number of hydrogen-bond acceptors (Lipinski definition) is 5. The van der Waals surface area contributed by atoms with Crippen LogP contribution in [0.25, 0.3) is 0 Å². The molecule has 0 atom stereocenters. The SMILES string of the molecule is O=C(O)CCn1cc(S(=O)(=O)Nc2cccnc2Br)cn1. The largest absolute Gasteiger partial charge is 0.481 e. The maximum absolute atomic E-state index is 12.2. The second-order valence-corrected chi connectivity index (χ2v) is 6.46. The van der Waals surface area contributed by atoms with E-state index in [4.69, 9.17) is 5.11 Å². The van der Waals surface area contributed by atoms with E-state index < -0.39 is 16.0 Å². The number of sulfonamides is 1. The Bertz CT molecular complexity index is 759. The van der Waals surface area contributed by atoms with Crippen LogP contribution in [0.15, 0.2) is 40.2 Å². The van der Waals surface area contributed by atoms with Crippen LogP contribution >= 0.6 is 15.9 Å². The number of aliphatic carboxylic acids is 1. The zero-order valence-corrected chi connectivity index (χ0v) is 13.0. The molecule has 10 heteroatoms. The molecule has 8 nitrogen and oxygen atoms in total. The molecule has 2 aromatic rings. The average molecular weight is 375 g/mol. The first kappa shape index (κ1) is 15.4. The molecule has 0 saturated carbocycles. The summed E-state index contributed by atoms with van der Waals surface area (Å²) in [6, 6.07) is 3.16. The van der Waals surface area contributed by atoms with Crippen molar-refractivity contribution in [2.24, 2.45) is 0 Å². The van der Waals surface area contributed by atoms with Gasteiger partial charge in [0, 0.05) is 12.4 Å². The highest BCUT2D eigenvalue weighted by molar-refractivity contribution is 9.10. The summed E-state index contributed by atoms with van der Waals surface area (Å²) in [6.45, 7) is 0.0987. The van der Waals surface area contributed by atoms with Gasteiger partial charge in [-0.25, -0.2) is 13.4 Å². The van der Waals surface area contributed by atoms with Gasteiger partial charge in [-0.05, 0) is 28.1 Å². The summed E-state index contributed by atoms with van der Waals surface area (Å²) in [5.74, 6) is -0.979. The van der Waals surface area contributed by atoms with Crippen molar-refractivity contribution in [3.8, 4) is 0 Å². The minimum Gasteiger partial charge on any atom is -0.481 e. The Kier molecular flexibility index (Phi) is 4.58. The standard InChI is InChI=1S/C11H11BrN4O4S/c12-11-9(2-1-4-13-11)15-21(19,20)8-6-14-16(7-8)5-3-10(17)18/h1-2,4,6-7,15H,3,5H2,(H,17,18). The van der Waals surface area contributed by atoms with Crippen LogP contribution in [0, 0.1) is 0 Å². The van der Waals surface area contributed by atoms with Crippen LogP contribution in [0.5, 0.6) is 0 Å². The number of aryl methyl sites for hydroxylation is 1. The smallest absolute Gasteiger partial charge is 0.305 e. The van der Waals surface area contributed by atoms with Crippen molar-refractivity contribution >= 4 is 37.6 Å². The Morgan fingerprint density at radius 3 is 2.90 bits per heavy atom. The molecule has 0 aliphatic rings. The van der Waals surface area contributed by atoms with Gasteiger partial charge in [-0.15, -0.1) is 0 Å². The van der Waals surface area contributed by atoms with Gasteiger partial charge in [0.15, 0.2) is 0 Å². The van der Waals surface area contributed by atoms with Gasteiger partial charge in [-0.2, -0.15) is 5.10 Å². The van der Waals surface area contributed by atoms with Crippen LogP contribution in [0.1, 0.15) is 6.42 Å². The molecule has 2 heterocycles. The van der Waals surface area contributed by atoms with E-state index >= 15 is 0 Å². The van der Waals surface area contributed by atoms with E-state index in [9.17, 15) is 13.2 Å². The third-order valence-electron chi connectivity index (χ3n) is 2.48. The summed E-state index contributed by atoms with van der Waals surface area (Å²) in [7, 11) is -3.80. The van der Waals surface area contributed by atoms with Crippen molar-refractivity contribution in [1.29, 1.82) is 0 Å². The summed E-state index contributed by atoms with van der Waals surface area (Å²) in [5.41, 5.74) is 0.302. The maximum Gasteiger partial charge on any atom is 0.305 e. The van der Waals surface area contributed by atoms with E-state index in [1.807, 2.05) is 0 Å². The molecular formula is C11H11BrN4O4S. The number of pyridine rings is 1. The second kappa shape index (κ2) is 6.22. The lowest BCUT2D eigenvalue weighted by molar-refractivity contribution is -0.137. The fraction of sp³-hybridized carbons (Fsp3) is 0.182. The molecule has 0 aliphatic carbocycles. The number of rotatable bonds is 6. The predicted octanol–water partition coefficient (Wildman–Crippen LogP) is 1.32. The first-order chi connectivity index (χ1) is 9.88. The monoisotopic (exact) mass is 374 g/mol. The number of hydrogen-bond donors (Lipinski definition) is 2. The minimum absolute atomic E-state index is 0.0522. The summed E-state index contributed by atoms with van der Waals surface area (Å²) >= 11 is 3.14. The Labute approximate surface area is 129 Å². The third-order valence-corrected chi connectivity index (χ3v) is 4.43. The van der Waals surface area contributed by atoms with Gasteiger partial charge in [0.2, 0.25) is 0 Å². The van der Waals surface area contributed by atoms with E-state index in [1.54, 1.807) is 12.1 Å². The lowest BCUT2D eigenvalue weighted by Gasteiger charge is -2.06. The molecule has 112 valence electrons. The number of aromatic nitrogens is 3. The van der Waals surface area contributed by atoms with Crippen LogP contribution in [0.2, 0.25) is 0 Å². The number of carboxylic acids is 1. The van der Waals surface area contributed by atoms with Crippen LogP contribution in [-0.2, 0) is 21.4 Å². The number of anilines is 1. The zero-order valence-electron chi connectivity index (χ0n) is 10.6. The van der Waals surface area contributed by atoms with Crippen molar-refractivity contribution in [1.82, 2.24) is 14.8 Å². The molecule has 0 bridgehead atoms. The van der Waals surface area contributed by atoms with Crippen molar-refractivity contribution in [2.75, 3.05) is 4.72 Å². The van der Waals surface area contributed by atoms with E-state index in [1.165, 1.54) is 17.1 Å². The number of halogens is 1. The summed E-state index contributed by atoms with van der Waals surface area (Å²) in [6.07, 6.45) is 3.82. The normalized spacial score (nSPS) is 11.3. The highest BCUT2D eigenvalue weighted by Crippen LogP contribution is 2.22. The molecule has 2 aromatic heterocycles. The van der Waals surface area contributed by atoms with Crippen molar-refractivity contribution < 1.29 is 18.3 Å². The number of nitrogens with one attached hydrogen (secondary N) is 1. The van der Waals surface area contributed by atoms with E-state index in [0.29, 0.717) is 10.3 Å². The molecule has 0 fully saturated rings. The quantitative estimate of drug-likeness (QED) is 0.736. The van der Waals surface area contributed by atoms with Crippen LogP contribution in [-0.4, -0.2) is 34.3 Å². The molecule has 0 aromatic carbocycles. The Morgan fingerprint density at radius 1 is 1.48 bits per heavy atom. The Morgan fingerprint density at radius 2 is 2.24 bits per heavy atom. The Balaban J connectivity index is 2.17. The third kappa shape index (κ3) is 4.02. The molecule has 0 radical (unpaired) electrons. The van der Waals surface area contributed by atoms with E-state index in [2.05, 4.69) is 30.7 Å². The van der Waals surface area contributed by atoms with Gasteiger partial charge >= 0.3 is 5.97 Å². The van der Waals surface area contributed by atoms with Crippen molar-refractivity contribution in [3.63, 3.8) is 0 Å². The topological polar surface area (TPSA) is 114 Å². The lowest BCUT2D eigenvalue weighted by Crippen LogP contribution is -2.13. The summed E-state index contributed by atoms with van der Waals surface area (Å²) in [5, 5.41) is 12.4. The van der Waals surface area contributed by atoms with Gasteiger partial charge in [0.1, 0.15) is 9.50 Å². The molecule has 0 aliphatic heterocycles. The van der Waals surface area contributed by atoms with Gasteiger partial charge in [-0.3, -0.25) is 14.2 Å². The summed E-state index contributed by atoms with van der Waals surface area (Å²) in [4.78, 5) is 14.3. The van der Waals surface area contributed by atoms with Crippen LogP contribution in [0.3, 0.4) is 0 Å². The number of nitrogens with zero attached hydrogens (tertiary/aromatic N) is 3. The van der Waals surface area contributed by atoms with Crippen molar-refractivity contribution in [2.45, 2.75) is 17.9 Å². The average Bonchev–Trinajstić information content (AvgIpc) is 2.88. The van der Waals surface area contributed by atoms with Crippen LogP contribution in [0.4, 0.5) is 5.69 Å². The molecule has 21 heavy (non-hydrogen) atoms. The molecule has 0 saturated heterocycles. The predicted molar refractivity (Wildman–Crippen MR) is 77.2 cm³/mol. The van der Waals surface area contributed by atoms with Gasteiger partial charge in [0.25, 0.3) is 10.0 Å². The molecule has 0 unspecified atom stereocenters. The van der Waals surface area contributed by atoms with Gasteiger partial charge in [-0.1, -0.05) is 0 Å². The highest BCUT2D eigenvalue weighted by atomic mass is 79.9. The van der Waals surface area contributed by atoms with Crippen molar-refractivity contribution in [3.05, 3.63) is 35.3 Å². The minimum atomic E-state index is -3.80. The zero-order chi connectivity index (χ0) is 15.5. The number of carboxylic acid groups (broad SMARTS) is 1. The number of carbonyl (C=O) groups is 1. The second-order valence-electron chi connectivity index (χ2n) is 4.03. The fourth-order valence-corrected chi connectivity index (χ4v) is 2.98. The first-order valence-electron chi connectivity index (χ1n) is 5.76. The summed E-state index contributed by atoms with van der Waals surface area (Å²) < 4.78 is 28.4. The first-order valence-corrected chi connectivity index (χ1v) is 8.04. The van der Waals surface area contributed by atoms with Crippen LogP contribution < -0.4 is 4.72 Å². The fourth-order valence-electron chi connectivity index (χ4n) is 1.48. The van der Waals surface area contributed by atoms with Gasteiger partial charge < -0.3 is 5.11 Å². The highest BCUT2D eigenvalue weighted by Gasteiger charge is 2.18. The molecule has 2 rings (SSSR count). The molecule has 0 spiro atoms. The van der Waals surface area contributed by atoms with E-state index in [-0.39, 0.29) is 17.9 Å². The van der Waals surface area contributed by atoms with Gasteiger partial charge in [0.05, 0.1) is 24.8 Å². The maximum atomic E-state index is 12.2. The molecule has 2 N–H and O–H groups in total. The Hall–Kier alpha value is -1.94.